The van der Waals surface area contributed by atoms with E-state index in [0.29, 0.717) is 0 Å². The monoisotopic (exact) mass is 490 g/mol. The normalized spacial score (nSPS) is 15.5. The van der Waals surface area contributed by atoms with E-state index < -0.39 is 18.0 Å². The van der Waals surface area contributed by atoms with Crippen molar-refractivity contribution in [3.05, 3.63) is 59.2 Å². The zero-order valence-corrected chi connectivity index (χ0v) is 18.3. The maximum Gasteiger partial charge on any atom is 0.573 e. The zero-order chi connectivity index (χ0) is 23.9. The van der Waals surface area contributed by atoms with Gasteiger partial charge < -0.3 is 25.0 Å². The molecule has 11 heteroatoms. The molecular formula is C23H18ClF3N4O3. The second kappa shape index (κ2) is 8.69. The Labute approximate surface area is 197 Å². The van der Waals surface area contributed by atoms with Crippen LogP contribution in [0.3, 0.4) is 0 Å². The molecule has 3 heterocycles. The number of nitrogens with one attached hydrogen (secondary N) is 2. The molecule has 2 aliphatic heterocycles. The Morgan fingerprint density at radius 2 is 1.79 bits per heavy atom. The van der Waals surface area contributed by atoms with Crippen LogP contribution < -0.4 is 25.0 Å². The molecule has 1 saturated heterocycles. The van der Waals surface area contributed by atoms with E-state index in [9.17, 15) is 18.0 Å². The number of carbonyl (C=O) groups is 1. The van der Waals surface area contributed by atoms with Crippen LogP contribution in [0, 0.1) is 0 Å². The molecule has 0 saturated carbocycles. The molecule has 0 atom stereocenters. The number of hydrogen-bond donors (Lipinski definition) is 2. The smallest absolute Gasteiger partial charge is 0.454 e. The Morgan fingerprint density at radius 1 is 1.03 bits per heavy atom. The highest BCUT2D eigenvalue weighted by atomic mass is 35.5. The minimum atomic E-state index is -4.93. The molecule has 176 valence electrons. The van der Waals surface area contributed by atoms with Gasteiger partial charge in [-0.15, -0.1) is 13.2 Å². The number of carbonyl (C=O) groups excluding carboxylic acids is 1. The van der Waals surface area contributed by atoms with Crippen LogP contribution in [-0.4, -0.2) is 43.4 Å². The predicted octanol–water partition coefficient (Wildman–Crippen LogP) is 5.07. The lowest BCUT2D eigenvalue weighted by molar-refractivity contribution is -0.274. The SMILES string of the molecule is O=C1Nc2cc(OC(F)(F)F)c(Cl)cc2Oc2ccc(-c3ccnc(N4CCNCC4)c3)cc21. The number of alkyl halides is 3. The van der Waals surface area contributed by atoms with E-state index in [2.05, 4.69) is 25.3 Å². The lowest BCUT2D eigenvalue weighted by atomic mass is 10.0. The summed E-state index contributed by atoms with van der Waals surface area (Å²) in [6.45, 7) is 3.45. The molecule has 2 aliphatic rings. The van der Waals surface area contributed by atoms with Crippen molar-refractivity contribution in [2.24, 2.45) is 0 Å². The van der Waals surface area contributed by atoms with Gasteiger partial charge in [0.2, 0.25) is 0 Å². The third-order valence-electron chi connectivity index (χ3n) is 5.47. The molecule has 1 fully saturated rings. The molecule has 7 nitrogen and oxygen atoms in total. The van der Waals surface area contributed by atoms with Crippen molar-refractivity contribution in [3.63, 3.8) is 0 Å². The van der Waals surface area contributed by atoms with E-state index in [1.165, 1.54) is 6.07 Å². The second-order valence-corrected chi connectivity index (χ2v) is 8.14. The topological polar surface area (TPSA) is 75.7 Å². The number of ether oxygens (including phenoxy) is 2. The number of fused-ring (bicyclic) bond motifs is 2. The Hall–Kier alpha value is -3.50. The highest BCUT2D eigenvalue weighted by molar-refractivity contribution is 6.32. The molecule has 2 aromatic carbocycles. The van der Waals surface area contributed by atoms with Crippen LogP contribution >= 0.6 is 11.6 Å². The van der Waals surface area contributed by atoms with E-state index in [4.69, 9.17) is 16.3 Å². The summed E-state index contributed by atoms with van der Waals surface area (Å²) in [5, 5.41) is 5.57. The summed E-state index contributed by atoms with van der Waals surface area (Å²) in [6, 6.07) is 11.1. The molecule has 2 N–H and O–H groups in total. The minimum absolute atomic E-state index is 0.0105. The molecule has 1 aromatic heterocycles. The van der Waals surface area contributed by atoms with Gasteiger partial charge in [0.1, 0.15) is 17.3 Å². The van der Waals surface area contributed by atoms with E-state index in [-0.39, 0.29) is 27.8 Å². The van der Waals surface area contributed by atoms with Crippen molar-refractivity contribution in [2.45, 2.75) is 6.36 Å². The maximum atomic E-state index is 12.9. The third kappa shape index (κ3) is 4.59. The summed E-state index contributed by atoms with van der Waals surface area (Å²) >= 11 is 5.94. The number of amides is 1. The Bertz CT molecular complexity index is 1260. The third-order valence-corrected chi connectivity index (χ3v) is 5.77. The van der Waals surface area contributed by atoms with Crippen LogP contribution in [-0.2, 0) is 0 Å². The van der Waals surface area contributed by atoms with Crippen LogP contribution in [0.15, 0.2) is 48.7 Å². The van der Waals surface area contributed by atoms with Crippen LogP contribution in [0.25, 0.3) is 11.1 Å². The number of aromatic nitrogens is 1. The largest absolute Gasteiger partial charge is 0.573 e. The first-order valence-electron chi connectivity index (χ1n) is 10.4. The van der Waals surface area contributed by atoms with Gasteiger partial charge in [0, 0.05) is 44.5 Å². The average Bonchev–Trinajstić information content (AvgIpc) is 2.94. The van der Waals surface area contributed by atoms with Gasteiger partial charge in [-0.2, -0.15) is 0 Å². The highest BCUT2D eigenvalue weighted by Gasteiger charge is 2.33. The predicted molar refractivity (Wildman–Crippen MR) is 121 cm³/mol. The molecule has 5 rings (SSSR count). The van der Waals surface area contributed by atoms with Gasteiger partial charge in [-0.05, 0) is 35.4 Å². The Kier molecular flexibility index (Phi) is 5.70. The summed E-state index contributed by atoms with van der Waals surface area (Å²) in [5.74, 6) is 0.0167. The minimum Gasteiger partial charge on any atom is -0.454 e. The fourth-order valence-electron chi connectivity index (χ4n) is 3.87. The summed E-state index contributed by atoms with van der Waals surface area (Å²) in [5.41, 5.74) is 1.87. The lowest BCUT2D eigenvalue weighted by Gasteiger charge is -2.28. The Morgan fingerprint density at radius 3 is 2.56 bits per heavy atom. The fourth-order valence-corrected chi connectivity index (χ4v) is 4.06. The van der Waals surface area contributed by atoms with Crippen molar-refractivity contribution in [2.75, 3.05) is 36.4 Å². The van der Waals surface area contributed by atoms with Crippen molar-refractivity contribution < 1.29 is 27.4 Å². The molecule has 0 spiro atoms. The number of nitrogens with zero attached hydrogens (tertiary/aromatic N) is 2. The van der Waals surface area contributed by atoms with Gasteiger partial charge in [-0.1, -0.05) is 17.7 Å². The van der Waals surface area contributed by atoms with Gasteiger partial charge in [-0.25, -0.2) is 4.98 Å². The number of hydrogen-bond acceptors (Lipinski definition) is 6. The van der Waals surface area contributed by atoms with E-state index in [0.717, 1.165) is 49.2 Å². The molecular weight excluding hydrogens is 473 g/mol. The van der Waals surface area contributed by atoms with E-state index >= 15 is 0 Å². The van der Waals surface area contributed by atoms with Gasteiger partial charge in [0.15, 0.2) is 5.75 Å². The molecule has 0 aliphatic carbocycles. The average molecular weight is 491 g/mol. The maximum absolute atomic E-state index is 12.9. The highest BCUT2D eigenvalue weighted by Crippen LogP contribution is 2.43. The number of rotatable bonds is 3. The zero-order valence-electron chi connectivity index (χ0n) is 17.6. The number of anilines is 2. The molecule has 0 radical (unpaired) electrons. The molecule has 0 bridgehead atoms. The second-order valence-electron chi connectivity index (χ2n) is 7.73. The lowest BCUT2D eigenvalue weighted by Crippen LogP contribution is -2.43. The fraction of sp³-hybridized carbons (Fsp3) is 0.217. The molecule has 34 heavy (non-hydrogen) atoms. The first-order chi connectivity index (χ1) is 16.3. The Balaban J connectivity index is 1.46. The van der Waals surface area contributed by atoms with Gasteiger partial charge in [0.05, 0.1) is 16.3 Å². The van der Waals surface area contributed by atoms with Gasteiger partial charge in [-0.3, -0.25) is 4.79 Å². The van der Waals surface area contributed by atoms with Crippen LogP contribution in [0.2, 0.25) is 5.02 Å². The molecule has 3 aromatic rings. The van der Waals surface area contributed by atoms with Crippen LogP contribution in [0.5, 0.6) is 17.2 Å². The quantitative estimate of drug-likeness (QED) is 0.534. The number of benzene rings is 2. The van der Waals surface area contributed by atoms with Crippen LogP contribution in [0.1, 0.15) is 10.4 Å². The van der Waals surface area contributed by atoms with Crippen molar-refractivity contribution in [3.8, 4) is 28.4 Å². The number of pyridine rings is 1. The van der Waals surface area contributed by atoms with Crippen molar-refractivity contribution in [1.29, 1.82) is 0 Å². The van der Waals surface area contributed by atoms with E-state index in [1.54, 1.807) is 24.4 Å². The first kappa shape index (κ1) is 22.3. The summed E-state index contributed by atoms with van der Waals surface area (Å²) in [4.78, 5) is 19.6. The molecule has 0 unspecified atom stereocenters. The number of piperazine rings is 1. The van der Waals surface area contributed by atoms with Crippen molar-refractivity contribution in [1.82, 2.24) is 10.3 Å². The van der Waals surface area contributed by atoms with Crippen LogP contribution in [0.4, 0.5) is 24.7 Å². The summed E-state index contributed by atoms with van der Waals surface area (Å²) in [6.07, 6.45) is -3.21. The van der Waals surface area contributed by atoms with Crippen molar-refractivity contribution >= 4 is 29.0 Å². The number of halogens is 4. The molecule has 1 amide bonds. The summed E-state index contributed by atoms with van der Waals surface area (Å²) in [7, 11) is 0. The van der Waals surface area contributed by atoms with Gasteiger partial charge >= 0.3 is 6.36 Å². The van der Waals surface area contributed by atoms with Gasteiger partial charge in [0.25, 0.3) is 5.91 Å². The standard InChI is InChI=1S/C23H18ClF3N4O3/c24-16-11-20-17(12-19(16)34-23(25,26)27)30-22(32)15-9-13(1-2-18(15)33-20)14-3-4-29-21(10-14)31-7-5-28-6-8-31/h1-4,9-12,28H,5-8H2,(H,30,32). The van der Waals surface area contributed by atoms with E-state index in [1.807, 2.05) is 12.1 Å². The first-order valence-corrected chi connectivity index (χ1v) is 10.8. The summed E-state index contributed by atoms with van der Waals surface area (Å²) < 4.78 is 47.8.